The van der Waals surface area contributed by atoms with Gasteiger partial charge in [0.2, 0.25) is 0 Å². The van der Waals surface area contributed by atoms with Gasteiger partial charge in [0, 0.05) is 32.4 Å². The number of morpholine rings is 1. The van der Waals surface area contributed by atoms with E-state index in [-0.39, 0.29) is 5.91 Å². The summed E-state index contributed by atoms with van der Waals surface area (Å²) in [6, 6.07) is 2.31. The molecule has 0 saturated carbocycles. The van der Waals surface area contributed by atoms with E-state index in [4.69, 9.17) is 4.74 Å². The van der Waals surface area contributed by atoms with E-state index >= 15 is 0 Å². The fourth-order valence-corrected chi connectivity index (χ4v) is 2.77. The fraction of sp³-hybridized carbons (Fsp3) is 0.615. The third-order valence-electron chi connectivity index (χ3n) is 3.89. The third kappa shape index (κ3) is 2.04. The number of fused-ring (bicyclic) bond motifs is 1. The van der Waals surface area contributed by atoms with E-state index in [1.54, 1.807) is 0 Å². The molecule has 1 aromatic heterocycles. The summed E-state index contributed by atoms with van der Waals surface area (Å²) < 4.78 is 5.49. The number of nitrogens with one attached hydrogen (secondary N) is 1. The highest BCUT2D eigenvalue weighted by Crippen LogP contribution is 2.16. The number of rotatable bonds is 1. The number of nitrogens with zero attached hydrogens (tertiary/aromatic N) is 2. The number of aromatic amines is 1. The number of ether oxygens (including phenoxy) is 1. The molecule has 3 rings (SSSR count). The van der Waals surface area contributed by atoms with Crippen molar-refractivity contribution in [3.63, 3.8) is 0 Å². The molecular formula is C13H19N3O2. The minimum absolute atomic E-state index is 0.114. The molecule has 1 N–H and O–H groups in total. The molecule has 2 saturated heterocycles. The number of carbonyl (C=O) groups excluding carboxylic acids is 1. The highest BCUT2D eigenvalue weighted by molar-refractivity contribution is 5.94. The Labute approximate surface area is 107 Å². The Morgan fingerprint density at radius 3 is 3.11 bits per heavy atom. The van der Waals surface area contributed by atoms with Crippen LogP contribution in [0.1, 0.15) is 16.1 Å². The Balaban J connectivity index is 1.70. The normalized spacial score (nSPS) is 24.9. The lowest BCUT2D eigenvalue weighted by atomic mass is 10.1. The smallest absolute Gasteiger partial charge is 0.270 e. The lowest BCUT2D eigenvalue weighted by molar-refractivity contribution is -0.0395. The predicted molar refractivity (Wildman–Crippen MR) is 67.6 cm³/mol. The molecule has 5 nitrogen and oxygen atoms in total. The van der Waals surface area contributed by atoms with Crippen LogP contribution in [-0.4, -0.2) is 66.1 Å². The summed E-state index contributed by atoms with van der Waals surface area (Å²) in [6.45, 7) is 7.07. The van der Waals surface area contributed by atoms with E-state index in [0.29, 0.717) is 6.04 Å². The number of hydrogen-bond acceptors (Lipinski definition) is 3. The van der Waals surface area contributed by atoms with Crippen LogP contribution in [-0.2, 0) is 4.74 Å². The van der Waals surface area contributed by atoms with Crippen LogP contribution in [0.4, 0.5) is 0 Å². The lowest BCUT2D eigenvalue weighted by Gasteiger charge is -2.43. The van der Waals surface area contributed by atoms with Gasteiger partial charge in [0.1, 0.15) is 5.69 Å². The van der Waals surface area contributed by atoms with Crippen LogP contribution in [0.5, 0.6) is 0 Å². The molecule has 1 aromatic rings. The Hall–Kier alpha value is -1.33. The molecule has 0 aliphatic carbocycles. The molecular weight excluding hydrogens is 230 g/mol. The van der Waals surface area contributed by atoms with Gasteiger partial charge in [-0.05, 0) is 18.6 Å². The van der Waals surface area contributed by atoms with Crippen molar-refractivity contribution in [3.8, 4) is 0 Å². The van der Waals surface area contributed by atoms with Crippen LogP contribution >= 0.6 is 0 Å². The van der Waals surface area contributed by atoms with Gasteiger partial charge >= 0.3 is 0 Å². The Kier molecular flexibility index (Phi) is 3.09. The van der Waals surface area contributed by atoms with Gasteiger partial charge in [0.25, 0.3) is 5.91 Å². The maximum Gasteiger partial charge on any atom is 0.270 e. The zero-order chi connectivity index (χ0) is 12.5. The number of piperazine rings is 1. The predicted octanol–water partition coefficient (Wildman–Crippen LogP) is 0.480. The summed E-state index contributed by atoms with van der Waals surface area (Å²) in [5, 5.41) is 0. The lowest BCUT2D eigenvalue weighted by Crippen LogP contribution is -2.59. The van der Waals surface area contributed by atoms with Gasteiger partial charge in [-0.3, -0.25) is 9.69 Å². The van der Waals surface area contributed by atoms with Crippen molar-refractivity contribution in [1.29, 1.82) is 0 Å². The number of aryl methyl sites for hydroxylation is 1. The van der Waals surface area contributed by atoms with Crippen LogP contribution in [0.3, 0.4) is 0 Å². The van der Waals surface area contributed by atoms with E-state index in [9.17, 15) is 4.79 Å². The van der Waals surface area contributed by atoms with Crippen molar-refractivity contribution in [3.05, 3.63) is 23.5 Å². The van der Waals surface area contributed by atoms with E-state index in [1.165, 1.54) is 0 Å². The topological polar surface area (TPSA) is 48.6 Å². The largest absolute Gasteiger partial charge is 0.378 e. The van der Waals surface area contributed by atoms with Crippen molar-refractivity contribution >= 4 is 5.91 Å². The van der Waals surface area contributed by atoms with Crippen LogP contribution in [0.15, 0.2) is 12.3 Å². The summed E-state index contributed by atoms with van der Waals surface area (Å²) in [6.07, 6.45) is 1.82. The SMILES string of the molecule is Cc1cc[nH]c1C(=O)N1CCN2CCOC[C@@H]2C1. The van der Waals surface area contributed by atoms with Crippen LogP contribution in [0, 0.1) is 6.92 Å². The molecule has 2 fully saturated rings. The van der Waals surface area contributed by atoms with Gasteiger partial charge in [-0.1, -0.05) is 0 Å². The zero-order valence-electron chi connectivity index (χ0n) is 10.7. The second kappa shape index (κ2) is 4.74. The summed E-state index contributed by atoms with van der Waals surface area (Å²) in [7, 11) is 0. The summed E-state index contributed by atoms with van der Waals surface area (Å²) in [4.78, 5) is 19.8. The molecule has 0 radical (unpaired) electrons. The molecule has 98 valence electrons. The average molecular weight is 249 g/mol. The molecule has 2 aliphatic heterocycles. The van der Waals surface area contributed by atoms with E-state index in [1.807, 2.05) is 24.1 Å². The van der Waals surface area contributed by atoms with Gasteiger partial charge in [0.15, 0.2) is 0 Å². The Morgan fingerprint density at radius 2 is 2.33 bits per heavy atom. The van der Waals surface area contributed by atoms with Gasteiger partial charge in [-0.15, -0.1) is 0 Å². The van der Waals surface area contributed by atoms with E-state index in [0.717, 1.165) is 50.7 Å². The molecule has 1 atom stereocenters. The monoisotopic (exact) mass is 249 g/mol. The molecule has 3 heterocycles. The van der Waals surface area contributed by atoms with Gasteiger partial charge < -0.3 is 14.6 Å². The van der Waals surface area contributed by atoms with E-state index in [2.05, 4.69) is 9.88 Å². The first kappa shape index (κ1) is 11.7. The number of aromatic nitrogens is 1. The summed E-state index contributed by atoms with van der Waals surface area (Å²) in [5.41, 5.74) is 1.74. The highest BCUT2D eigenvalue weighted by atomic mass is 16.5. The minimum Gasteiger partial charge on any atom is -0.378 e. The summed E-state index contributed by atoms with van der Waals surface area (Å²) in [5.74, 6) is 0.114. The number of carbonyl (C=O) groups is 1. The van der Waals surface area contributed by atoms with Crippen molar-refractivity contribution in [2.45, 2.75) is 13.0 Å². The Bertz CT molecular complexity index is 443. The minimum atomic E-state index is 0.114. The maximum atomic E-state index is 12.4. The van der Waals surface area contributed by atoms with Gasteiger partial charge in [-0.2, -0.15) is 0 Å². The quantitative estimate of drug-likeness (QED) is 0.787. The fourth-order valence-electron chi connectivity index (χ4n) is 2.77. The van der Waals surface area contributed by atoms with Gasteiger partial charge in [0.05, 0.1) is 19.3 Å². The average Bonchev–Trinajstić information content (AvgIpc) is 2.83. The summed E-state index contributed by atoms with van der Waals surface area (Å²) >= 11 is 0. The molecule has 0 spiro atoms. The van der Waals surface area contributed by atoms with Crippen LogP contribution in [0.25, 0.3) is 0 Å². The standard InChI is InChI=1S/C13H19N3O2/c1-10-2-3-14-12(10)13(17)16-5-4-15-6-7-18-9-11(15)8-16/h2-3,11,14H,4-9H2,1H3/t11-/m0/s1. The van der Waals surface area contributed by atoms with Crippen LogP contribution in [0.2, 0.25) is 0 Å². The molecule has 1 amide bonds. The second-order valence-electron chi connectivity index (χ2n) is 5.05. The van der Waals surface area contributed by atoms with Crippen LogP contribution < -0.4 is 0 Å². The molecule has 18 heavy (non-hydrogen) atoms. The number of amides is 1. The number of H-pyrrole nitrogens is 1. The highest BCUT2D eigenvalue weighted by Gasteiger charge is 2.32. The molecule has 5 heteroatoms. The molecule has 0 aromatic carbocycles. The van der Waals surface area contributed by atoms with Gasteiger partial charge in [-0.25, -0.2) is 0 Å². The molecule has 2 aliphatic rings. The van der Waals surface area contributed by atoms with Crippen molar-refractivity contribution in [2.75, 3.05) is 39.4 Å². The second-order valence-corrected chi connectivity index (χ2v) is 5.05. The van der Waals surface area contributed by atoms with E-state index < -0.39 is 0 Å². The zero-order valence-corrected chi connectivity index (χ0v) is 10.7. The molecule has 0 unspecified atom stereocenters. The molecule has 0 bridgehead atoms. The first-order valence-corrected chi connectivity index (χ1v) is 6.51. The third-order valence-corrected chi connectivity index (χ3v) is 3.89. The van der Waals surface area contributed by atoms with Crippen molar-refractivity contribution in [1.82, 2.24) is 14.8 Å². The maximum absolute atomic E-state index is 12.4. The Morgan fingerprint density at radius 1 is 1.44 bits per heavy atom. The first-order valence-electron chi connectivity index (χ1n) is 6.51. The van der Waals surface area contributed by atoms with Crippen molar-refractivity contribution < 1.29 is 9.53 Å². The first-order chi connectivity index (χ1) is 8.75. The number of hydrogen-bond donors (Lipinski definition) is 1. The van der Waals surface area contributed by atoms with Crippen molar-refractivity contribution in [2.24, 2.45) is 0 Å².